The molecule has 1 radical (unpaired) electrons. The molecular formula is C14H21N2O. The fourth-order valence-electron chi connectivity index (χ4n) is 1.95. The SMILES string of the molecule is [CH2]c1ccc(CNCCN2CCOCC2)cc1. The fraction of sp³-hybridized carbons (Fsp3) is 0.500. The summed E-state index contributed by atoms with van der Waals surface area (Å²) >= 11 is 0. The maximum atomic E-state index is 5.32. The maximum absolute atomic E-state index is 5.32. The lowest BCUT2D eigenvalue weighted by Gasteiger charge is -2.26. The minimum atomic E-state index is 0.880. The highest BCUT2D eigenvalue weighted by molar-refractivity contribution is 5.23. The first-order valence-corrected chi connectivity index (χ1v) is 6.26. The summed E-state index contributed by atoms with van der Waals surface area (Å²) in [5.74, 6) is 0. The van der Waals surface area contributed by atoms with Gasteiger partial charge >= 0.3 is 0 Å². The van der Waals surface area contributed by atoms with Gasteiger partial charge in [0.1, 0.15) is 0 Å². The molecular weight excluding hydrogens is 212 g/mol. The highest BCUT2D eigenvalue weighted by atomic mass is 16.5. The molecule has 0 saturated carbocycles. The van der Waals surface area contributed by atoms with E-state index in [4.69, 9.17) is 4.74 Å². The lowest BCUT2D eigenvalue weighted by Crippen LogP contribution is -2.40. The lowest BCUT2D eigenvalue weighted by molar-refractivity contribution is 0.0384. The molecule has 1 fully saturated rings. The Bertz CT molecular complexity index is 317. The second-order valence-electron chi connectivity index (χ2n) is 4.45. The van der Waals surface area contributed by atoms with Gasteiger partial charge < -0.3 is 10.1 Å². The predicted molar refractivity (Wildman–Crippen MR) is 69.9 cm³/mol. The Kier molecular flexibility index (Phi) is 4.98. The Morgan fingerprint density at radius 3 is 2.59 bits per heavy atom. The second kappa shape index (κ2) is 6.74. The Hall–Kier alpha value is -0.900. The molecule has 0 spiro atoms. The lowest BCUT2D eigenvalue weighted by atomic mass is 10.1. The van der Waals surface area contributed by atoms with E-state index in [9.17, 15) is 0 Å². The van der Waals surface area contributed by atoms with Gasteiger partial charge in [-0.05, 0) is 18.1 Å². The number of nitrogens with zero attached hydrogens (tertiary/aromatic N) is 1. The van der Waals surface area contributed by atoms with E-state index in [1.807, 2.05) is 0 Å². The van der Waals surface area contributed by atoms with Crippen LogP contribution in [-0.2, 0) is 11.3 Å². The summed E-state index contributed by atoms with van der Waals surface area (Å²) in [7, 11) is 0. The van der Waals surface area contributed by atoms with Crippen LogP contribution in [0.5, 0.6) is 0 Å². The highest BCUT2D eigenvalue weighted by Crippen LogP contribution is 2.02. The van der Waals surface area contributed by atoms with E-state index in [1.54, 1.807) is 0 Å². The van der Waals surface area contributed by atoms with Crippen LogP contribution in [0.4, 0.5) is 0 Å². The van der Waals surface area contributed by atoms with Crippen LogP contribution in [-0.4, -0.2) is 44.3 Å². The van der Waals surface area contributed by atoms with Crippen molar-refractivity contribution in [2.45, 2.75) is 6.54 Å². The molecule has 0 bridgehead atoms. The van der Waals surface area contributed by atoms with Gasteiger partial charge in [0.05, 0.1) is 13.2 Å². The molecule has 1 N–H and O–H groups in total. The molecule has 0 atom stereocenters. The molecule has 93 valence electrons. The van der Waals surface area contributed by atoms with Gasteiger partial charge in [0, 0.05) is 32.7 Å². The number of hydrogen-bond donors (Lipinski definition) is 1. The fourth-order valence-corrected chi connectivity index (χ4v) is 1.95. The van der Waals surface area contributed by atoms with E-state index in [-0.39, 0.29) is 0 Å². The zero-order valence-electron chi connectivity index (χ0n) is 10.3. The smallest absolute Gasteiger partial charge is 0.0594 e. The molecule has 0 unspecified atom stereocenters. The Morgan fingerprint density at radius 1 is 1.18 bits per heavy atom. The molecule has 1 heterocycles. The van der Waals surface area contributed by atoms with Crippen LogP contribution in [0.2, 0.25) is 0 Å². The van der Waals surface area contributed by atoms with Gasteiger partial charge in [-0.2, -0.15) is 0 Å². The van der Waals surface area contributed by atoms with Gasteiger partial charge in [0.15, 0.2) is 0 Å². The number of rotatable bonds is 5. The van der Waals surface area contributed by atoms with Gasteiger partial charge in [0.25, 0.3) is 0 Å². The molecule has 1 aromatic carbocycles. The number of morpholine rings is 1. The third-order valence-corrected chi connectivity index (χ3v) is 3.06. The molecule has 2 rings (SSSR count). The van der Waals surface area contributed by atoms with Crippen molar-refractivity contribution >= 4 is 0 Å². The average Bonchev–Trinajstić information content (AvgIpc) is 2.38. The number of benzene rings is 1. The molecule has 3 nitrogen and oxygen atoms in total. The van der Waals surface area contributed by atoms with Crippen molar-refractivity contribution in [3.05, 3.63) is 42.3 Å². The van der Waals surface area contributed by atoms with Crippen LogP contribution in [0.25, 0.3) is 0 Å². The molecule has 1 saturated heterocycles. The monoisotopic (exact) mass is 233 g/mol. The van der Waals surface area contributed by atoms with Gasteiger partial charge in [-0.25, -0.2) is 0 Å². The zero-order valence-corrected chi connectivity index (χ0v) is 10.3. The summed E-state index contributed by atoms with van der Waals surface area (Å²) in [5, 5.41) is 3.47. The molecule has 1 aromatic rings. The molecule has 0 amide bonds. The van der Waals surface area contributed by atoms with Crippen LogP contribution in [0.1, 0.15) is 11.1 Å². The van der Waals surface area contributed by atoms with E-state index in [2.05, 4.69) is 41.4 Å². The number of hydrogen-bond acceptors (Lipinski definition) is 3. The van der Waals surface area contributed by atoms with Crippen molar-refractivity contribution in [2.24, 2.45) is 0 Å². The summed E-state index contributed by atoms with van der Waals surface area (Å²) in [4.78, 5) is 2.44. The van der Waals surface area contributed by atoms with Gasteiger partial charge in [0.2, 0.25) is 0 Å². The largest absolute Gasteiger partial charge is 0.379 e. The topological polar surface area (TPSA) is 24.5 Å². The van der Waals surface area contributed by atoms with E-state index >= 15 is 0 Å². The maximum Gasteiger partial charge on any atom is 0.0594 e. The van der Waals surface area contributed by atoms with Crippen LogP contribution < -0.4 is 5.32 Å². The van der Waals surface area contributed by atoms with Crippen molar-refractivity contribution in [2.75, 3.05) is 39.4 Å². The van der Waals surface area contributed by atoms with Crippen molar-refractivity contribution in [1.82, 2.24) is 10.2 Å². The van der Waals surface area contributed by atoms with Gasteiger partial charge in [-0.3, -0.25) is 4.90 Å². The van der Waals surface area contributed by atoms with Crippen molar-refractivity contribution in [3.63, 3.8) is 0 Å². The molecule has 17 heavy (non-hydrogen) atoms. The highest BCUT2D eigenvalue weighted by Gasteiger charge is 2.08. The van der Waals surface area contributed by atoms with Crippen molar-refractivity contribution < 1.29 is 4.74 Å². The van der Waals surface area contributed by atoms with Crippen LogP contribution in [0.3, 0.4) is 0 Å². The van der Waals surface area contributed by atoms with Crippen LogP contribution >= 0.6 is 0 Å². The first-order chi connectivity index (χ1) is 8.34. The second-order valence-corrected chi connectivity index (χ2v) is 4.45. The average molecular weight is 233 g/mol. The normalized spacial score (nSPS) is 17.2. The standard InChI is InChI=1S/C14H21N2O/c1-13-2-4-14(5-3-13)12-15-6-7-16-8-10-17-11-9-16/h2-5,15H,1,6-12H2. The quantitative estimate of drug-likeness (QED) is 0.776. The van der Waals surface area contributed by atoms with Crippen molar-refractivity contribution in [3.8, 4) is 0 Å². The zero-order chi connectivity index (χ0) is 11.9. The minimum Gasteiger partial charge on any atom is -0.379 e. The Balaban J connectivity index is 1.60. The Labute approximate surface area is 104 Å². The Morgan fingerprint density at radius 2 is 1.88 bits per heavy atom. The third-order valence-electron chi connectivity index (χ3n) is 3.06. The number of nitrogens with one attached hydrogen (secondary N) is 1. The first kappa shape index (κ1) is 12.6. The number of ether oxygens (including phenoxy) is 1. The van der Waals surface area contributed by atoms with E-state index in [0.29, 0.717) is 0 Å². The van der Waals surface area contributed by atoms with E-state index < -0.39 is 0 Å². The summed E-state index contributed by atoms with van der Waals surface area (Å²) in [6.45, 7) is 10.9. The minimum absolute atomic E-state index is 0.880. The van der Waals surface area contributed by atoms with E-state index in [0.717, 1.165) is 51.5 Å². The van der Waals surface area contributed by atoms with Gasteiger partial charge in [-0.1, -0.05) is 24.3 Å². The summed E-state index contributed by atoms with van der Waals surface area (Å²) in [6, 6.07) is 8.37. The van der Waals surface area contributed by atoms with Crippen LogP contribution in [0, 0.1) is 6.92 Å². The summed E-state index contributed by atoms with van der Waals surface area (Å²) in [6.07, 6.45) is 0. The summed E-state index contributed by atoms with van der Waals surface area (Å²) < 4.78 is 5.32. The predicted octanol–water partition coefficient (Wildman–Crippen LogP) is 1.29. The summed E-state index contributed by atoms with van der Waals surface area (Å²) in [5.41, 5.74) is 2.39. The van der Waals surface area contributed by atoms with Crippen molar-refractivity contribution in [1.29, 1.82) is 0 Å². The molecule has 3 heteroatoms. The van der Waals surface area contributed by atoms with Gasteiger partial charge in [-0.15, -0.1) is 0 Å². The van der Waals surface area contributed by atoms with E-state index in [1.165, 1.54) is 5.56 Å². The molecule has 1 aliphatic heterocycles. The third kappa shape index (κ3) is 4.46. The molecule has 0 aromatic heterocycles. The first-order valence-electron chi connectivity index (χ1n) is 6.26. The molecule has 1 aliphatic rings. The van der Waals surface area contributed by atoms with Crippen LogP contribution in [0.15, 0.2) is 24.3 Å². The molecule has 0 aliphatic carbocycles.